The summed E-state index contributed by atoms with van der Waals surface area (Å²) in [5, 5.41) is 2.86. The SMILES string of the molecule is COCC(C)NC(=O)CC1(N)CCC1. The van der Waals surface area contributed by atoms with Gasteiger partial charge in [0.25, 0.3) is 0 Å². The molecule has 0 spiro atoms. The molecule has 82 valence electrons. The van der Waals surface area contributed by atoms with Crippen LogP contribution in [-0.2, 0) is 9.53 Å². The summed E-state index contributed by atoms with van der Waals surface area (Å²) in [6, 6.07) is 0.0659. The van der Waals surface area contributed by atoms with Gasteiger partial charge in [-0.15, -0.1) is 0 Å². The van der Waals surface area contributed by atoms with Crippen LogP contribution in [0.4, 0.5) is 0 Å². The number of rotatable bonds is 5. The summed E-state index contributed by atoms with van der Waals surface area (Å²) in [4.78, 5) is 11.5. The van der Waals surface area contributed by atoms with Crippen LogP contribution in [0.5, 0.6) is 0 Å². The first-order chi connectivity index (χ1) is 6.56. The molecule has 1 aliphatic rings. The van der Waals surface area contributed by atoms with Crippen molar-refractivity contribution in [3.05, 3.63) is 0 Å². The van der Waals surface area contributed by atoms with E-state index in [4.69, 9.17) is 10.5 Å². The van der Waals surface area contributed by atoms with Crippen LogP contribution in [0.25, 0.3) is 0 Å². The molecule has 1 fully saturated rings. The van der Waals surface area contributed by atoms with Gasteiger partial charge >= 0.3 is 0 Å². The van der Waals surface area contributed by atoms with Crippen LogP contribution in [0.2, 0.25) is 0 Å². The van der Waals surface area contributed by atoms with Crippen molar-refractivity contribution in [3.63, 3.8) is 0 Å². The molecule has 0 aromatic rings. The lowest BCUT2D eigenvalue weighted by Crippen LogP contribution is -2.51. The van der Waals surface area contributed by atoms with Gasteiger partial charge in [-0.1, -0.05) is 0 Å². The Hall–Kier alpha value is -0.610. The molecule has 1 aliphatic carbocycles. The maximum atomic E-state index is 11.5. The lowest BCUT2D eigenvalue weighted by atomic mass is 9.75. The highest BCUT2D eigenvalue weighted by molar-refractivity contribution is 5.77. The maximum absolute atomic E-state index is 11.5. The van der Waals surface area contributed by atoms with Gasteiger partial charge in [-0.25, -0.2) is 0 Å². The van der Waals surface area contributed by atoms with Gasteiger partial charge in [-0.3, -0.25) is 4.79 Å². The van der Waals surface area contributed by atoms with Crippen molar-refractivity contribution in [2.24, 2.45) is 5.73 Å². The Morgan fingerprint density at radius 3 is 2.71 bits per heavy atom. The van der Waals surface area contributed by atoms with Gasteiger partial charge in [0.05, 0.1) is 6.61 Å². The van der Waals surface area contributed by atoms with Crippen LogP contribution >= 0.6 is 0 Å². The van der Waals surface area contributed by atoms with Crippen molar-refractivity contribution in [1.29, 1.82) is 0 Å². The van der Waals surface area contributed by atoms with E-state index in [1.807, 2.05) is 6.92 Å². The van der Waals surface area contributed by atoms with Gasteiger partial charge in [-0.05, 0) is 26.2 Å². The molecule has 4 nitrogen and oxygen atoms in total. The van der Waals surface area contributed by atoms with Gasteiger partial charge in [-0.2, -0.15) is 0 Å². The van der Waals surface area contributed by atoms with E-state index in [9.17, 15) is 4.79 Å². The Morgan fingerprint density at radius 1 is 1.64 bits per heavy atom. The molecule has 0 aromatic heterocycles. The lowest BCUT2D eigenvalue weighted by Gasteiger charge is -2.37. The normalized spacial score (nSPS) is 21.1. The molecule has 0 radical (unpaired) electrons. The number of methoxy groups -OCH3 is 1. The van der Waals surface area contributed by atoms with Gasteiger partial charge in [0.15, 0.2) is 0 Å². The monoisotopic (exact) mass is 200 g/mol. The number of carbonyl (C=O) groups excluding carboxylic acids is 1. The van der Waals surface area contributed by atoms with Crippen molar-refractivity contribution < 1.29 is 9.53 Å². The van der Waals surface area contributed by atoms with E-state index in [1.54, 1.807) is 7.11 Å². The third-order valence-electron chi connectivity index (χ3n) is 2.69. The molecular formula is C10H20N2O2. The summed E-state index contributed by atoms with van der Waals surface area (Å²) >= 11 is 0. The number of ether oxygens (including phenoxy) is 1. The second kappa shape index (κ2) is 4.75. The Bertz CT molecular complexity index is 202. The predicted octanol–water partition coefficient (Wildman–Crippen LogP) is 0.409. The van der Waals surface area contributed by atoms with E-state index in [0.717, 1.165) is 19.3 Å². The topological polar surface area (TPSA) is 64.3 Å². The second-order valence-corrected chi connectivity index (χ2v) is 4.32. The summed E-state index contributed by atoms with van der Waals surface area (Å²) in [6.45, 7) is 2.47. The molecule has 0 aliphatic heterocycles. The first-order valence-corrected chi connectivity index (χ1v) is 5.13. The number of hydrogen-bond acceptors (Lipinski definition) is 3. The Labute approximate surface area is 85.2 Å². The highest BCUT2D eigenvalue weighted by Crippen LogP contribution is 2.31. The molecule has 14 heavy (non-hydrogen) atoms. The van der Waals surface area contributed by atoms with Crippen LogP contribution < -0.4 is 11.1 Å². The fraction of sp³-hybridized carbons (Fsp3) is 0.900. The van der Waals surface area contributed by atoms with E-state index in [1.165, 1.54) is 0 Å². The highest BCUT2D eigenvalue weighted by Gasteiger charge is 2.34. The fourth-order valence-electron chi connectivity index (χ4n) is 1.74. The van der Waals surface area contributed by atoms with Crippen LogP contribution in [0.3, 0.4) is 0 Å². The first kappa shape index (κ1) is 11.5. The van der Waals surface area contributed by atoms with E-state index in [-0.39, 0.29) is 17.5 Å². The first-order valence-electron chi connectivity index (χ1n) is 5.13. The minimum Gasteiger partial charge on any atom is -0.383 e. The largest absolute Gasteiger partial charge is 0.383 e. The average Bonchev–Trinajstić information content (AvgIpc) is 2.01. The zero-order valence-electron chi connectivity index (χ0n) is 9.01. The average molecular weight is 200 g/mol. The number of carbonyl (C=O) groups is 1. The van der Waals surface area contributed by atoms with Crippen LogP contribution in [0, 0.1) is 0 Å². The van der Waals surface area contributed by atoms with E-state index in [2.05, 4.69) is 5.32 Å². The second-order valence-electron chi connectivity index (χ2n) is 4.32. The summed E-state index contributed by atoms with van der Waals surface area (Å²) in [6.07, 6.45) is 3.54. The van der Waals surface area contributed by atoms with Crippen molar-refractivity contribution in [2.45, 2.75) is 44.2 Å². The number of nitrogens with two attached hydrogens (primary N) is 1. The molecule has 0 saturated heterocycles. The number of nitrogens with one attached hydrogen (secondary N) is 1. The highest BCUT2D eigenvalue weighted by atomic mass is 16.5. The van der Waals surface area contributed by atoms with Gasteiger partial charge in [0.2, 0.25) is 5.91 Å². The quantitative estimate of drug-likeness (QED) is 0.675. The Kier molecular flexibility index (Phi) is 3.89. The summed E-state index contributed by atoms with van der Waals surface area (Å²) in [5.41, 5.74) is 5.74. The number of hydrogen-bond donors (Lipinski definition) is 2. The molecule has 0 bridgehead atoms. The molecule has 1 unspecified atom stereocenters. The predicted molar refractivity (Wildman–Crippen MR) is 54.9 cm³/mol. The van der Waals surface area contributed by atoms with E-state index >= 15 is 0 Å². The fourth-order valence-corrected chi connectivity index (χ4v) is 1.74. The Morgan fingerprint density at radius 2 is 2.29 bits per heavy atom. The van der Waals surface area contributed by atoms with Gasteiger partial charge in [0, 0.05) is 25.1 Å². The zero-order chi connectivity index (χ0) is 10.6. The van der Waals surface area contributed by atoms with E-state index < -0.39 is 0 Å². The lowest BCUT2D eigenvalue weighted by molar-refractivity contribution is -0.123. The van der Waals surface area contributed by atoms with Crippen LogP contribution in [-0.4, -0.2) is 31.2 Å². The summed E-state index contributed by atoms with van der Waals surface area (Å²) in [7, 11) is 1.62. The third kappa shape index (κ3) is 3.27. The minimum absolute atomic E-state index is 0.0387. The van der Waals surface area contributed by atoms with Crippen LogP contribution in [0.1, 0.15) is 32.6 Å². The molecule has 0 aromatic carbocycles. The standard InChI is InChI=1S/C10H20N2O2/c1-8(7-14-2)12-9(13)6-10(11)4-3-5-10/h8H,3-7,11H2,1-2H3,(H,12,13). The molecule has 1 saturated carbocycles. The Balaban J connectivity index is 2.21. The van der Waals surface area contributed by atoms with Crippen molar-refractivity contribution in [2.75, 3.05) is 13.7 Å². The van der Waals surface area contributed by atoms with Gasteiger partial charge < -0.3 is 15.8 Å². The molecule has 0 heterocycles. The van der Waals surface area contributed by atoms with Crippen LogP contribution in [0.15, 0.2) is 0 Å². The molecule has 1 amide bonds. The van der Waals surface area contributed by atoms with Crippen molar-refractivity contribution in [1.82, 2.24) is 5.32 Å². The van der Waals surface area contributed by atoms with Gasteiger partial charge in [0.1, 0.15) is 0 Å². The van der Waals surface area contributed by atoms with E-state index in [0.29, 0.717) is 13.0 Å². The smallest absolute Gasteiger partial charge is 0.222 e. The summed E-state index contributed by atoms with van der Waals surface area (Å²) in [5.74, 6) is 0.0387. The van der Waals surface area contributed by atoms with Crippen molar-refractivity contribution in [3.8, 4) is 0 Å². The summed E-state index contributed by atoms with van der Waals surface area (Å²) < 4.78 is 4.93. The molecule has 1 rings (SSSR count). The molecule has 1 atom stereocenters. The third-order valence-corrected chi connectivity index (χ3v) is 2.69. The van der Waals surface area contributed by atoms with Crippen molar-refractivity contribution >= 4 is 5.91 Å². The molecule has 3 N–H and O–H groups in total. The molecular weight excluding hydrogens is 180 g/mol. The molecule has 4 heteroatoms. The number of amides is 1. The zero-order valence-corrected chi connectivity index (χ0v) is 9.01. The minimum atomic E-state index is -0.225. The maximum Gasteiger partial charge on any atom is 0.222 e.